The Morgan fingerprint density at radius 2 is 0.529 bits per heavy atom. The van der Waals surface area contributed by atoms with Gasteiger partial charge in [0.15, 0.2) is 0 Å². The lowest BCUT2D eigenvalue weighted by Gasteiger charge is -2.35. The molecule has 0 nitrogen and oxygen atoms in total. The van der Waals surface area contributed by atoms with Crippen molar-refractivity contribution in [1.82, 2.24) is 0 Å². The molecule has 0 aliphatic heterocycles. The molecule has 0 heteroatoms. The number of rotatable bonds is 35. The molecule has 0 unspecified atom stereocenters. The first-order chi connectivity index (χ1) is 34.1. The molecule has 0 aromatic heterocycles. The second-order valence-electron chi connectivity index (χ2n) is 23.8. The molecule has 6 rings (SSSR count). The lowest BCUT2D eigenvalue weighted by molar-refractivity contribution is 0.394. The van der Waals surface area contributed by atoms with Gasteiger partial charge in [0.05, 0.1) is 0 Å². The van der Waals surface area contributed by atoms with E-state index < -0.39 is 0 Å². The summed E-state index contributed by atoms with van der Waals surface area (Å²) >= 11 is 0. The second-order valence-corrected chi connectivity index (χ2v) is 23.8. The molecule has 4 aromatic carbocycles. The zero-order valence-electron chi connectivity index (χ0n) is 47.6. The average molecular weight is 948 g/mol. The summed E-state index contributed by atoms with van der Waals surface area (Å²) in [6.07, 6.45) is 42.3. The van der Waals surface area contributed by atoms with E-state index in [0.29, 0.717) is 0 Å². The minimum absolute atomic E-state index is 0.0580. The highest BCUT2D eigenvalue weighted by Gasteiger charge is 2.45. The van der Waals surface area contributed by atoms with Crippen molar-refractivity contribution in [3.05, 3.63) is 106 Å². The van der Waals surface area contributed by atoms with Crippen LogP contribution in [0.5, 0.6) is 0 Å². The first-order valence-electron chi connectivity index (χ1n) is 30.7. The van der Waals surface area contributed by atoms with Crippen molar-refractivity contribution in [1.29, 1.82) is 0 Å². The fourth-order valence-electron chi connectivity index (χ4n) is 13.6. The fourth-order valence-corrected chi connectivity index (χ4v) is 13.6. The molecular formula is C70H106. The third-order valence-electron chi connectivity index (χ3n) is 19.4. The lowest BCUT2D eigenvalue weighted by Crippen LogP contribution is -2.27. The molecule has 0 N–H and O–H groups in total. The summed E-state index contributed by atoms with van der Waals surface area (Å²) in [4.78, 5) is 0. The predicted octanol–water partition coefficient (Wildman–Crippen LogP) is 23.0. The quantitative estimate of drug-likeness (QED) is 0.0403. The van der Waals surface area contributed by atoms with E-state index in [9.17, 15) is 0 Å². The van der Waals surface area contributed by atoms with Gasteiger partial charge in [0.25, 0.3) is 0 Å². The highest BCUT2D eigenvalue weighted by molar-refractivity contribution is 5.87. The maximum absolute atomic E-state index is 2.75. The smallest absolute Gasteiger partial charge is 0.0215 e. The van der Waals surface area contributed by atoms with Crippen molar-refractivity contribution in [3.63, 3.8) is 0 Å². The minimum Gasteiger partial charge on any atom is -0.0654 e. The van der Waals surface area contributed by atoms with Gasteiger partial charge in [0, 0.05) is 10.8 Å². The number of fused-ring (bicyclic) bond motifs is 6. The van der Waals surface area contributed by atoms with E-state index >= 15 is 0 Å². The van der Waals surface area contributed by atoms with Gasteiger partial charge in [-0.3, -0.25) is 0 Å². The van der Waals surface area contributed by atoms with Crippen LogP contribution in [-0.4, -0.2) is 0 Å². The number of benzene rings is 4. The molecule has 2 aliphatic rings. The Morgan fingerprint density at radius 1 is 0.286 bits per heavy atom. The lowest BCUT2D eigenvalue weighted by atomic mass is 9.68. The van der Waals surface area contributed by atoms with Crippen molar-refractivity contribution < 1.29 is 0 Å². The maximum atomic E-state index is 2.75. The summed E-state index contributed by atoms with van der Waals surface area (Å²) in [6.45, 7) is 24.1. The van der Waals surface area contributed by atoms with Crippen LogP contribution in [0.25, 0.3) is 33.4 Å². The second kappa shape index (κ2) is 27.2. The van der Waals surface area contributed by atoms with Gasteiger partial charge in [-0.15, -0.1) is 0 Å². The molecule has 0 heterocycles. The van der Waals surface area contributed by atoms with Crippen LogP contribution in [0.4, 0.5) is 0 Å². The van der Waals surface area contributed by atoms with Crippen molar-refractivity contribution in [2.24, 2.45) is 0 Å². The molecule has 0 saturated carbocycles. The SMILES string of the molecule is CCCCCCCCC1(CCCCCCCC)c2cc(-c3ccc4c(c3)C(CCCCCCCC)(CCCCCCCC)c3cc(C(C)(CC)CC)ccc3-4)ccc2-c2ccc(C(C)(CC)CC)cc21. The molecule has 0 fully saturated rings. The van der Waals surface area contributed by atoms with Gasteiger partial charge in [0.2, 0.25) is 0 Å². The van der Waals surface area contributed by atoms with Crippen molar-refractivity contribution in [2.45, 2.75) is 296 Å². The van der Waals surface area contributed by atoms with Crippen molar-refractivity contribution >= 4 is 0 Å². The van der Waals surface area contributed by atoms with Gasteiger partial charge >= 0.3 is 0 Å². The summed E-state index contributed by atoms with van der Waals surface area (Å²) in [6, 6.07) is 31.4. The van der Waals surface area contributed by atoms with Gasteiger partial charge in [0.1, 0.15) is 0 Å². The summed E-state index contributed by atoms with van der Waals surface area (Å²) in [5.74, 6) is 0. The first kappa shape index (κ1) is 56.2. The molecule has 0 amide bonds. The van der Waals surface area contributed by atoms with E-state index in [-0.39, 0.29) is 21.7 Å². The maximum Gasteiger partial charge on any atom is 0.0215 e. The van der Waals surface area contributed by atoms with Gasteiger partial charge in [-0.25, -0.2) is 0 Å². The predicted molar refractivity (Wildman–Crippen MR) is 312 cm³/mol. The van der Waals surface area contributed by atoms with Gasteiger partial charge in [-0.05, 0) is 141 Å². The molecule has 2 aliphatic carbocycles. The molecule has 4 aromatic rings. The van der Waals surface area contributed by atoms with Crippen LogP contribution < -0.4 is 0 Å². The third kappa shape index (κ3) is 12.6. The summed E-state index contributed by atoms with van der Waals surface area (Å²) in [7, 11) is 0. The Morgan fingerprint density at radius 3 is 0.800 bits per heavy atom. The zero-order chi connectivity index (χ0) is 50.0. The molecule has 0 saturated heterocycles. The first-order valence-corrected chi connectivity index (χ1v) is 30.7. The van der Waals surface area contributed by atoms with Crippen LogP contribution in [-0.2, 0) is 21.7 Å². The molecule has 0 radical (unpaired) electrons. The van der Waals surface area contributed by atoms with E-state index in [0.717, 1.165) is 0 Å². The topological polar surface area (TPSA) is 0 Å². The van der Waals surface area contributed by atoms with Gasteiger partial charge in [-0.1, -0.05) is 284 Å². The average Bonchev–Trinajstić information content (AvgIpc) is 3.82. The summed E-state index contributed by atoms with van der Waals surface area (Å²) in [5, 5.41) is 0. The van der Waals surface area contributed by atoms with E-state index in [1.165, 1.54) is 239 Å². The van der Waals surface area contributed by atoms with Crippen LogP contribution in [0, 0.1) is 0 Å². The van der Waals surface area contributed by atoms with E-state index in [1.54, 1.807) is 33.4 Å². The number of unbranched alkanes of at least 4 members (excludes halogenated alkanes) is 20. The Labute approximate surface area is 433 Å². The minimum atomic E-state index is 0.0580. The zero-order valence-corrected chi connectivity index (χ0v) is 47.6. The Kier molecular flexibility index (Phi) is 21.9. The van der Waals surface area contributed by atoms with E-state index in [1.807, 2.05) is 0 Å². The summed E-state index contributed by atoms with van der Waals surface area (Å²) in [5.41, 5.74) is 19.2. The van der Waals surface area contributed by atoms with Crippen molar-refractivity contribution in [2.75, 3.05) is 0 Å². The Balaban J connectivity index is 1.49. The third-order valence-corrected chi connectivity index (χ3v) is 19.4. The van der Waals surface area contributed by atoms with Crippen LogP contribution in [0.2, 0.25) is 0 Å². The molecular weight excluding hydrogens is 841 g/mol. The Hall–Kier alpha value is -3.12. The normalized spacial score (nSPS) is 14.5. The standard InChI is InChI=1S/C70H106/c1-11-19-23-27-31-35-47-69(48-36-32-28-24-20-12-2)63-51-55(39-43-59(63)61-45-41-57(53-65(61)69)67(9,15-5)16-6)56-40-44-60-62-46-42-58(68(10,17-7)18-8)54-66(62)70(64(60)52-56,49-37-33-29-25-21-13-3)50-38-34-30-26-22-14-4/h39-46,51-54H,11-38,47-50H2,1-10H3. The van der Waals surface area contributed by atoms with Crippen LogP contribution in [0.3, 0.4) is 0 Å². The largest absolute Gasteiger partial charge is 0.0654 e. The molecule has 0 bridgehead atoms. The number of hydrogen-bond acceptors (Lipinski definition) is 0. The molecule has 70 heavy (non-hydrogen) atoms. The molecule has 386 valence electrons. The highest BCUT2D eigenvalue weighted by atomic mass is 14.5. The van der Waals surface area contributed by atoms with Gasteiger partial charge in [-0.2, -0.15) is 0 Å². The van der Waals surface area contributed by atoms with E-state index in [4.69, 9.17) is 0 Å². The van der Waals surface area contributed by atoms with Crippen LogP contribution >= 0.6 is 0 Å². The Bertz CT molecular complexity index is 1980. The molecule has 0 spiro atoms. The van der Waals surface area contributed by atoms with Crippen LogP contribution in [0.1, 0.15) is 308 Å². The fraction of sp³-hybridized carbons (Fsp3) is 0.657. The van der Waals surface area contributed by atoms with E-state index in [2.05, 4.69) is 142 Å². The van der Waals surface area contributed by atoms with Gasteiger partial charge < -0.3 is 0 Å². The summed E-state index contributed by atoms with van der Waals surface area (Å²) < 4.78 is 0. The highest BCUT2D eigenvalue weighted by Crippen LogP contribution is 2.58. The van der Waals surface area contributed by atoms with Crippen molar-refractivity contribution in [3.8, 4) is 33.4 Å². The number of hydrogen-bond donors (Lipinski definition) is 0. The molecule has 0 atom stereocenters. The monoisotopic (exact) mass is 947 g/mol. The van der Waals surface area contributed by atoms with Crippen LogP contribution in [0.15, 0.2) is 72.8 Å².